The van der Waals surface area contributed by atoms with E-state index in [4.69, 9.17) is 4.74 Å². The molecule has 2 atom stereocenters. The number of rotatable bonds is 2. The van der Waals surface area contributed by atoms with Gasteiger partial charge in [0.1, 0.15) is 11.9 Å². The molecule has 1 aromatic rings. The molecular weight excluding hydrogens is 292 g/mol. The van der Waals surface area contributed by atoms with Crippen LogP contribution in [0.3, 0.4) is 0 Å². The first-order valence-corrected chi connectivity index (χ1v) is 7.57. The van der Waals surface area contributed by atoms with Gasteiger partial charge in [-0.2, -0.15) is 0 Å². The normalized spacial score (nSPS) is 41.1. The van der Waals surface area contributed by atoms with Gasteiger partial charge in [-0.15, -0.1) is 0 Å². The maximum Gasteiger partial charge on any atom is 0.139 e. The fourth-order valence-corrected chi connectivity index (χ4v) is 4.51. The van der Waals surface area contributed by atoms with Crippen molar-refractivity contribution in [2.24, 2.45) is 17.8 Å². The van der Waals surface area contributed by atoms with Crippen LogP contribution in [0.15, 0.2) is 22.9 Å². The molecule has 4 bridgehead atoms. The number of aromatic nitrogens is 1. The van der Waals surface area contributed by atoms with Crippen LogP contribution in [0.4, 0.5) is 0 Å². The van der Waals surface area contributed by atoms with E-state index in [1.54, 1.807) is 6.20 Å². The summed E-state index contributed by atoms with van der Waals surface area (Å²) in [6, 6.07) is 2.03. The van der Waals surface area contributed by atoms with Gasteiger partial charge in [0.25, 0.3) is 0 Å². The molecule has 0 radical (unpaired) electrons. The minimum Gasteiger partial charge on any atom is -0.488 e. The first-order valence-electron chi connectivity index (χ1n) is 6.77. The molecule has 4 fully saturated rings. The van der Waals surface area contributed by atoms with E-state index in [2.05, 4.69) is 25.8 Å². The number of halogens is 1. The Balaban J connectivity index is 1.55. The average Bonchev–Trinajstić information content (AvgIpc) is 2.33. The molecule has 3 saturated heterocycles. The number of nitrogens with zero attached hydrogens (tertiary/aromatic N) is 2. The lowest BCUT2D eigenvalue weighted by Gasteiger charge is -2.55. The van der Waals surface area contributed by atoms with Gasteiger partial charge in [-0.05, 0) is 40.8 Å². The summed E-state index contributed by atoms with van der Waals surface area (Å²) < 4.78 is 7.25. The van der Waals surface area contributed by atoms with Crippen molar-refractivity contribution in [3.05, 3.63) is 22.9 Å². The number of ether oxygens (including phenoxy) is 1. The van der Waals surface area contributed by atoms with Gasteiger partial charge in [-0.1, -0.05) is 0 Å². The SMILES string of the molecule is Brc1cncc(OC2[C@H]3CC4C[C@H]2CN(C4)C3)c1. The molecule has 0 unspecified atom stereocenters. The maximum absolute atomic E-state index is 6.25. The maximum atomic E-state index is 6.25. The molecule has 3 aliphatic heterocycles. The van der Waals surface area contributed by atoms with Crippen LogP contribution in [0.25, 0.3) is 0 Å². The van der Waals surface area contributed by atoms with Gasteiger partial charge in [0.15, 0.2) is 0 Å². The quantitative estimate of drug-likeness (QED) is 0.839. The summed E-state index contributed by atoms with van der Waals surface area (Å²) in [6.45, 7) is 3.80. The van der Waals surface area contributed by atoms with Crippen LogP contribution >= 0.6 is 15.9 Å². The lowest BCUT2D eigenvalue weighted by atomic mass is 9.66. The van der Waals surface area contributed by atoms with E-state index in [1.165, 1.54) is 32.5 Å². The van der Waals surface area contributed by atoms with E-state index >= 15 is 0 Å². The first-order chi connectivity index (χ1) is 8.78. The molecule has 1 aliphatic carbocycles. The zero-order valence-electron chi connectivity index (χ0n) is 10.3. The number of piperidine rings is 3. The summed E-state index contributed by atoms with van der Waals surface area (Å²) in [5.74, 6) is 3.31. The lowest BCUT2D eigenvalue weighted by molar-refractivity contribution is -0.0985. The Labute approximate surface area is 116 Å². The van der Waals surface area contributed by atoms with E-state index < -0.39 is 0 Å². The van der Waals surface area contributed by atoms with Gasteiger partial charge in [0, 0.05) is 42.1 Å². The molecule has 4 heterocycles. The molecule has 0 aromatic carbocycles. The van der Waals surface area contributed by atoms with E-state index in [0.717, 1.165) is 28.0 Å². The molecule has 0 N–H and O–H groups in total. The van der Waals surface area contributed by atoms with Crippen LogP contribution in [-0.4, -0.2) is 35.6 Å². The van der Waals surface area contributed by atoms with Gasteiger partial charge in [-0.25, -0.2) is 0 Å². The smallest absolute Gasteiger partial charge is 0.139 e. The molecular formula is C14H17BrN2O. The molecule has 1 aromatic heterocycles. The molecule has 5 rings (SSSR count). The topological polar surface area (TPSA) is 25.4 Å². The minimum atomic E-state index is 0.411. The largest absolute Gasteiger partial charge is 0.488 e. The highest BCUT2D eigenvalue weighted by Crippen LogP contribution is 2.44. The van der Waals surface area contributed by atoms with Gasteiger partial charge in [-0.3, -0.25) is 4.98 Å². The third-order valence-corrected chi connectivity index (χ3v) is 5.09. The highest BCUT2D eigenvalue weighted by Gasteiger charge is 2.48. The number of pyridine rings is 1. The predicted molar refractivity (Wildman–Crippen MR) is 72.5 cm³/mol. The Morgan fingerprint density at radius 3 is 2.61 bits per heavy atom. The van der Waals surface area contributed by atoms with Crippen molar-refractivity contribution >= 4 is 15.9 Å². The van der Waals surface area contributed by atoms with Crippen LogP contribution < -0.4 is 4.74 Å². The Bertz CT molecular complexity index is 437. The van der Waals surface area contributed by atoms with Crippen molar-refractivity contribution in [1.82, 2.24) is 9.88 Å². The van der Waals surface area contributed by atoms with Gasteiger partial charge in [0.2, 0.25) is 0 Å². The third-order valence-electron chi connectivity index (χ3n) is 4.66. The second-order valence-corrected chi connectivity index (χ2v) is 6.91. The van der Waals surface area contributed by atoms with Crippen molar-refractivity contribution in [3.8, 4) is 5.75 Å². The summed E-state index contributed by atoms with van der Waals surface area (Å²) in [6.07, 6.45) is 6.76. The molecule has 4 heteroatoms. The molecule has 3 nitrogen and oxygen atoms in total. The van der Waals surface area contributed by atoms with E-state index in [-0.39, 0.29) is 0 Å². The zero-order chi connectivity index (χ0) is 12.1. The van der Waals surface area contributed by atoms with E-state index in [1.807, 2.05) is 12.3 Å². The second kappa shape index (κ2) is 4.20. The minimum absolute atomic E-state index is 0.411. The number of hydrogen-bond donors (Lipinski definition) is 0. The van der Waals surface area contributed by atoms with Gasteiger partial charge in [0.05, 0.1) is 6.20 Å². The zero-order valence-corrected chi connectivity index (χ0v) is 11.8. The van der Waals surface area contributed by atoms with E-state index in [0.29, 0.717) is 6.10 Å². The van der Waals surface area contributed by atoms with Crippen LogP contribution in [0.2, 0.25) is 0 Å². The summed E-state index contributed by atoms with van der Waals surface area (Å²) >= 11 is 3.45. The monoisotopic (exact) mass is 308 g/mol. The van der Waals surface area contributed by atoms with Gasteiger partial charge >= 0.3 is 0 Å². The predicted octanol–water partition coefficient (Wildman–Crippen LogP) is 2.56. The van der Waals surface area contributed by atoms with Crippen LogP contribution in [0.5, 0.6) is 5.75 Å². The molecule has 18 heavy (non-hydrogen) atoms. The second-order valence-electron chi connectivity index (χ2n) is 6.00. The first kappa shape index (κ1) is 11.2. The van der Waals surface area contributed by atoms with Gasteiger partial charge < -0.3 is 9.64 Å². The van der Waals surface area contributed by atoms with Crippen LogP contribution in [0, 0.1) is 17.8 Å². The summed E-state index contributed by atoms with van der Waals surface area (Å²) in [5.41, 5.74) is 0. The van der Waals surface area contributed by atoms with Crippen LogP contribution in [0.1, 0.15) is 12.8 Å². The van der Waals surface area contributed by atoms with Crippen molar-refractivity contribution < 1.29 is 4.74 Å². The fraction of sp³-hybridized carbons (Fsp3) is 0.643. The standard InChI is InChI=1S/C14H17BrN2O/c15-12-3-13(5-16-4-12)18-14-10-1-9-2-11(14)8-17(6-9)7-10/h3-5,9-11,14H,1-2,6-8H2/t9?,10-,11-,14?/m0/s1. The number of hydrogen-bond acceptors (Lipinski definition) is 3. The van der Waals surface area contributed by atoms with Crippen molar-refractivity contribution in [2.75, 3.05) is 19.6 Å². The molecule has 96 valence electrons. The third kappa shape index (κ3) is 1.86. The lowest BCUT2D eigenvalue weighted by Crippen LogP contribution is -2.61. The molecule has 0 amide bonds. The summed E-state index contributed by atoms with van der Waals surface area (Å²) in [4.78, 5) is 6.82. The van der Waals surface area contributed by atoms with Crippen molar-refractivity contribution in [3.63, 3.8) is 0 Å². The van der Waals surface area contributed by atoms with Crippen molar-refractivity contribution in [2.45, 2.75) is 18.9 Å². The Kier molecular flexibility index (Phi) is 2.62. The van der Waals surface area contributed by atoms with E-state index in [9.17, 15) is 0 Å². The highest BCUT2D eigenvalue weighted by molar-refractivity contribution is 9.10. The Hall–Kier alpha value is -0.610. The Morgan fingerprint density at radius 2 is 1.94 bits per heavy atom. The highest BCUT2D eigenvalue weighted by atomic mass is 79.9. The molecule has 1 saturated carbocycles. The summed E-state index contributed by atoms with van der Waals surface area (Å²) in [7, 11) is 0. The molecule has 0 spiro atoms. The molecule has 4 aliphatic rings. The summed E-state index contributed by atoms with van der Waals surface area (Å²) in [5, 5.41) is 0. The average molecular weight is 309 g/mol. The fourth-order valence-electron chi connectivity index (χ4n) is 4.17. The van der Waals surface area contributed by atoms with Crippen molar-refractivity contribution in [1.29, 1.82) is 0 Å². The van der Waals surface area contributed by atoms with Crippen LogP contribution in [-0.2, 0) is 0 Å². The Morgan fingerprint density at radius 1 is 1.17 bits per heavy atom.